The molecule has 0 aromatic carbocycles. The second kappa shape index (κ2) is 8.99. The van der Waals surface area contributed by atoms with Gasteiger partial charge in [0.25, 0.3) is 0 Å². The van der Waals surface area contributed by atoms with Crippen molar-refractivity contribution in [3.63, 3.8) is 0 Å². The summed E-state index contributed by atoms with van der Waals surface area (Å²) in [6, 6.07) is 4.47. The van der Waals surface area contributed by atoms with Crippen molar-refractivity contribution in [1.82, 2.24) is 15.2 Å². The van der Waals surface area contributed by atoms with Crippen molar-refractivity contribution < 1.29 is 9.53 Å². The Balaban J connectivity index is 1.38. The molecule has 6 heteroatoms. The summed E-state index contributed by atoms with van der Waals surface area (Å²) >= 11 is 0. The van der Waals surface area contributed by atoms with Crippen LogP contribution >= 0.6 is 0 Å². The Kier molecular flexibility index (Phi) is 6.43. The largest absolute Gasteiger partial charge is 0.382 e. The predicted molar refractivity (Wildman–Crippen MR) is 93.9 cm³/mol. The van der Waals surface area contributed by atoms with Crippen LogP contribution in [-0.2, 0) is 9.53 Å². The minimum absolute atomic E-state index is 0.125. The number of carbonyl (C=O) groups excluding carboxylic acids is 1. The molecule has 2 aliphatic heterocycles. The van der Waals surface area contributed by atoms with E-state index in [-0.39, 0.29) is 11.8 Å². The Labute approximate surface area is 144 Å². The van der Waals surface area contributed by atoms with Gasteiger partial charge in [-0.05, 0) is 44.4 Å². The van der Waals surface area contributed by atoms with Crippen LogP contribution in [0.15, 0.2) is 24.5 Å². The van der Waals surface area contributed by atoms with Crippen LogP contribution < -0.4 is 10.6 Å². The fourth-order valence-electron chi connectivity index (χ4n) is 3.61. The van der Waals surface area contributed by atoms with Crippen LogP contribution in [0.3, 0.4) is 0 Å². The Morgan fingerprint density at radius 2 is 2.17 bits per heavy atom. The van der Waals surface area contributed by atoms with Crippen LogP contribution in [0.25, 0.3) is 0 Å². The van der Waals surface area contributed by atoms with Crippen LogP contribution in [0.5, 0.6) is 0 Å². The number of amides is 1. The summed E-state index contributed by atoms with van der Waals surface area (Å²) < 4.78 is 5.45. The highest BCUT2D eigenvalue weighted by atomic mass is 16.5. The standard InChI is InChI=1S/C18H28N4O2/c23-18(21-9-8-20-16-4-1-7-19-13-16)15-3-2-10-22(14-15)17-5-11-24-12-6-17/h1,4,7,13,15,17,20H,2-3,5-6,8-12,14H2,(H,21,23). The Morgan fingerprint density at radius 1 is 1.29 bits per heavy atom. The van der Waals surface area contributed by atoms with Crippen LogP contribution in [0.1, 0.15) is 25.7 Å². The van der Waals surface area contributed by atoms with Gasteiger partial charge in [0.1, 0.15) is 0 Å². The summed E-state index contributed by atoms with van der Waals surface area (Å²) in [5.41, 5.74) is 0.982. The topological polar surface area (TPSA) is 66.5 Å². The molecule has 2 N–H and O–H groups in total. The third-order valence-corrected chi connectivity index (χ3v) is 4.95. The Bertz CT molecular complexity index is 505. The van der Waals surface area contributed by atoms with E-state index in [4.69, 9.17) is 4.74 Å². The highest BCUT2D eigenvalue weighted by Gasteiger charge is 2.30. The van der Waals surface area contributed by atoms with Gasteiger partial charge in [0.05, 0.1) is 11.6 Å². The molecule has 1 atom stereocenters. The number of anilines is 1. The summed E-state index contributed by atoms with van der Waals surface area (Å²) in [5, 5.41) is 6.33. The van der Waals surface area contributed by atoms with Crippen molar-refractivity contribution in [2.75, 3.05) is 44.7 Å². The summed E-state index contributed by atoms with van der Waals surface area (Å²) in [6.45, 7) is 5.09. The fraction of sp³-hybridized carbons (Fsp3) is 0.667. The number of hydrogen-bond acceptors (Lipinski definition) is 5. The molecule has 0 radical (unpaired) electrons. The Morgan fingerprint density at radius 3 is 2.96 bits per heavy atom. The molecule has 0 spiro atoms. The molecule has 1 unspecified atom stereocenters. The fourth-order valence-corrected chi connectivity index (χ4v) is 3.61. The van der Waals surface area contributed by atoms with Gasteiger partial charge >= 0.3 is 0 Å². The number of ether oxygens (including phenoxy) is 1. The van der Waals surface area contributed by atoms with Crippen LogP contribution in [0, 0.1) is 5.92 Å². The second-order valence-corrected chi connectivity index (χ2v) is 6.64. The number of nitrogens with zero attached hydrogens (tertiary/aromatic N) is 2. The van der Waals surface area contributed by atoms with E-state index in [9.17, 15) is 4.79 Å². The van der Waals surface area contributed by atoms with Gasteiger partial charge in [0.2, 0.25) is 5.91 Å². The van der Waals surface area contributed by atoms with E-state index >= 15 is 0 Å². The molecule has 1 aromatic heterocycles. The van der Waals surface area contributed by atoms with E-state index in [0.717, 1.165) is 57.7 Å². The average Bonchev–Trinajstić information content (AvgIpc) is 2.67. The first kappa shape index (κ1) is 17.2. The zero-order chi connectivity index (χ0) is 16.6. The molecule has 3 rings (SSSR count). The molecule has 0 saturated carbocycles. The monoisotopic (exact) mass is 332 g/mol. The van der Waals surface area contributed by atoms with Gasteiger partial charge in [0, 0.05) is 51.3 Å². The zero-order valence-electron chi connectivity index (χ0n) is 14.2. The predicted octanol–water partition coefficient (Wildman–Crippen LogP) is 1.50. The van der Waals surface area contributed by atoms with Crippen molar-refractivity contribution >= 4 is 11.6 Å². The highest BCUT2D eigenvalue weighted by Crippen LogP contribution is 2.23. The molecule has 24 heavy (non-hydrogen) atoms. The van der Waals surface area contributed by atoms with Crippen LogP contribution in [-0.4, -0.2) is 61.2 Å². The quantitative estimate of drug-likeness (QED) is 0.773. The number of pyridine rings is 1. The molecule has 3 heterocycles. The van der Waals surface area contributed by atoms with Gasteiger partial charge in [-0.3, -0.25) is 14.7 Å². The van der Waals surface area contributed by atoms with Crippen molar-refractivity contribution in [2.24, 2.45) is 5.92 Å². The number of nitrogens with one attached hydrogen (secondary N) is 2. The highest BCUT2D eigenvalue weighted by molar-refractivity contribution is 5.79. The summed E-state index contributed by atoms with van der Waals surface area (Å²) in [6.07, 6.45) is 7.85. The number of carbonyl (C=O) groups is 1. The lowest BCUT2D eigenvalue weighted by Gasteiger charge is -2.39. The molecule has 1 amide bonds. The van der Waals surface area contributed by atoms with E-state index in [0.29, 0.717) is 19.1 Å². The van der Waals surface area contributed by atoms with Crippen molar-refractivity contribution in [3.8, 4) is 0 Å². The first-order valence-electron chi connectivity index (χ1n) is 9.06. The smallest absolute Gasteiger partial charge is 0.224 e. The maximum atomic E-state index is 12.4. The molecule has 0 aliphatic carbocycles. The van der Waals surface area contributed by atoms with E-state index in [1.807, 2.05) is 12.1 Å². The molecule has 2 aliphatic rings. The Hall–Kier alpha value is -1.66. The summed E-state index contributed by atoms with van der Waals surface area (Å²) in [5.74, 6) is 0.319. The van der Waals surface area contributed by atoms with E-state index in [1.165, 1.54) is 0 Å². The normalized spacial score (nSPS) is 22.9. The lowest BCUT2D eigenvalue weighted by Crippen LogP contribution is -2.49. The maximum Gasteiger partial charge on any atom is 0.224 e. The minimum atomic E-state index is 0.125. The molecular formula is C18H28N4O2. The molecule has 2 fully saturated rings. The first-order chi connectivity index (χ1) is 11.8. The van der Waals surface area contributed by atoms with Crippen molar-refractivity contribution in [2.45, 2.75) is 31.7 Å². The van der Waals surface area contributed by atoms with Gasteiger partial charge in [0.15, 0.2) is 0 Å². The molecule has 6 nitrogen and oxygen atoms in total. The van der Waals surface area contributed by atoms with Gasteiger partial charge < -0.3 is 15.4 Å². The third kappa shape index (κ3) is 4.92. The average molecular weight is 332 g/mol. The van der Waals surface area contributed by atoms with Gasteiger partial charge in [-0.2, -0.15) is 0 Å². The van der Waals surface area contributed by atoms with E-state index in [2.05, 4.69) is 20.5 Å². The first-order valence-corrected chi connectivity index (χ1v) is 9.06. The minimum Gasteiger partial charge on any atom is -0.382 e. The lowest BCUT2D eigenvalue weighted by atomic mass is 9.94. The SMILES string of the molecule is O=C(NCCNc1cccnc1)C1CCCN(C2CCOCC2)C1. The number of hydrogen-bond donors (Lipinski definition) is 2. The lowest BCUT2D eigenvalue weighted by molar-refractivity contribution is -0.127. The van der Waals surface area contributed by atoms with Crippen LogP contribution in [0.2, 0.25) is 0 Å². The second-order valence-electron chi connectivity index (χ2n) is 6.64. The van der Waals surface area contributed by atoms with Gasteiger partial charge in [-0.1, -0.05) is 0 Å². The number of rotatable bonds is 6. The number of aromatic nitrogens is 1. The van der Waals surface area contributed by atoms with Gasteiger partial charge in [-0.25, -0.2) is 0 Å². The molecule has 1 aromatic rings. The van der Waals surface area contributed by atoms with Gasteiger partial charge in [-0.15, -0.1) is 0 Å². The maximum absolute atomic E-state index is 12.4. The zero-order valence-corrected chi connectivity index (χ0v) is 14.2. The number of piperidine rings is 1. The molecule has 0 bridgehead atoms. The van der Waals surface area contributed by atoms with E-state index < -0.39 is 0 Å². The molecule has 2 saturated heterocycles. The van der Waals surface area contributed by atoms with Crippen molar-refractivity contribution in [3.05, 3.63) is 24.5 Å². The number of likely N-dealkylation sites (tertiary alicyclic amines) is 1. The summed E-state index contributed by atoms with van der Waals surface area (Å²) in [4.78, 5) is 19.0. The van der Waals surface area contributed by atoms with E-state index in [1.54, 1.807) is 12.4 Å². The molecular weight excluding hydrogens is 304 g/mol. The van der Waals surface area contributed by atoms with Crippen molar-refractivity contribution in [1.29, 1.82) is 0 Å². The third-order valence-electron chi connectivity index (χ3n) is 4.95. The van der Waals surface area contributed by atoms with Crippen LogP contribution in [0.4, 0.5) is 5.69 Å². The molecule has 132 valence electrons. The summed E-state index contributed by atoms with van der Waals surface area (Å²) in [7, 11) is 0.